The monoisotopic (exact) mass is 331 g/mol. The second-order valence-electron chi connectivity index (χ2n) is 5.49. The van der Waals surface area contributed by atoms with Crippen LogP contribution in [-0.4, -0.2) is 19.3 Å². The minimum absolute atomic E-state index is 0.0988. The quantitative estimate of drug-likeness (QED) is 0.794. The molecule has 0 amide bonds. The molecule has 0 saturated heterocycles. The van der Waals surface area contributed by atoms with Gasteiger partial charge in [0.1, 0.15) is 5.75 Å². The highest BCUT2D eigenvalue weighted by molar-refractivity contribution is 6.34. The number of rotatable bonds is 7. The van der Waals surface area contributed by atoms with Crippen LogP contribution in [-0.2, 0) is 4.74 Å². The predicted molar refractivity (Wildman–Crippen MR) is 87.3 cm³/mol. The Bertz CT molecular complexity index is 476. The van der Waals surface area contributed by atoms with Gasteiger partial charge in [0.25, 0.3) is 0 Å². The first-order valence-electron chi connectivity index (χ1n) is 7.54. The van der Waals surface area contributed by atoms with Crippen LogP contribution in [0.4, 0.5) is 0 Å². The van der Waals surface area contributed by atoms with Crippen molar-refractivity contribution in [1.29, 1.82) is 0 Å². The SMILES string of the molecule is CCOc1cc(Cl)c(C(N)CC2CC(OCC)C2)cc1Cl. The molecule has 0 aromatic heterocycles. The molecule has 0 heterocycles. The van der Waals surface area contributed by atoms with E-state index in [1.807, 2.05) is 19.9 Å². The Hall–Kier alpha value is -0.480. The molecule has 5 heteroatoms. The van der Waals surface area contributed by atoms with Gasteiger partial charge in [0.05, 0.1) is 17.7 Å². The van der Waals surface area contributed by atoms with E-state index in [4.69, 9.17) is 38.4 Å². The van der Waals surface area contributed by atoms with Gasteiger partial charge in [-0.1, -0.05) is 23.2 Å². The molecule has 1 saturated carbocycles. The summed E-state index contributed by atoms with van der Waals surface area (Å²) in [5.74, 6) is 1.22. The largest absolute Gasteiger partial charge is 0.492 e. The van der Waals surface area contributed by atoms with E-state index in [0.717, 1.165) is 31.4 Å². The Balaban J connectivity index is 1.96. The summed E-state index contributed by atoms with van der Waals surface area (Å²) in [6.07, 6.45) is 3.49. The summed E-state index contributed by atoms with van der Waals surface area (Å²) >= 11 is 12.5. The first-order chi connectivity index (χ1) is 10.0. The molecule has 2 rings (SSSR count). The third kappa shape index (κ3) is 4.26. The minimum atomic E-state index is -0.0988. The maximum absolute atomic E-state index is 6.31. The van der Waals surface area contributed by atoms with Crippen LogP contribution in [0.1, 0.15) is 44.7 Å². The van der Waals surface area contributed by atoms with Crippen LogP contribution in [0.2, 0.25) is 10.0 Å². The zero-order chi connectivity index (χ0) is 15.4. The average molecular weight is 332 g/mol. The Kier molecular flexibility index (Phi) is 6.18. The van der Waals surface area contributed by atoms with Crippen LogP contribution in [0.5, 0.6) is 5.75 Å². The predicted octanol–water partition coefficient (Wildman–Crippen LogP) is 4.60. The van der Waals surface area contributed by atoms with Crippen LogP contribution in [0, 0.1) is 5.92 Å². The Morgan fingerprint density at radius 2 is 1.90 bits per heavy atom. The van der Waals surface area contributed by atoms with Crippen LogP contribution >= 0.6 is 23.2 Å². The van der Waals surface area contributed by atoms with Crippen molar-refractivity contribution in [2.45, 2.75) is 45.3 Å². The summed E-state index contributed by atoms with van der Waals surface area (Å²) in [6, 6.07) is 3.49. The van der Waals surface area contributed by atoms with E-state index in [9.17, 15) is 0 Å². The van der Waals surface area contributed by atoms with Gasteiger partial charge in [-0.3, -0.25) is 0 Å². The second-order valence-corrected chi connectivity index (χ2v) is 6.31. The van der Waals surface area contributed by atoms with Crippen LogP contribution in [0.15, 0.2) is 12.1 Å². The van der Waals surface area contributed by atoms with Crippen molar-refractivity contribution in [3.8, 4) is 5.75 Å². The molecule has 3 nitrogen and oxygen atoms in total. The first-order valence-corrected chi connectivity index (χ1v) is 8.29. The number of halogens is 2. The number of hydrogen-bond acceptors (Lipinski definition) is 3. The highest BCUT2D eigenvalue weighted by Crippen LogP contribution is 2.39. The maximum Gasteiger partial charge on any atom is 0.139 e. The molecule has 1 atom stereocenters. The number of hydrogen-bond donors (Lipinski definition) is 1. The van der Waals surface area contributed by atoms with Crippen molar-refractivity contribution in [3.63, 3.8) is 0 Å². The fourth-order valence-electron chi connectivity index (χ4n) is 2.82. The lowest BCUT2D eigenvalue weighted by molar-refractivity contribution is -0.0282. The van der Waals surface area contributed by atoms with E-state index in [1.165, 1.54) is 0 Å². The van der Waals surface area contributed by atoms with Crippen molar-refractivity contribution in [1.82, 2.24) is 0 Å². The summed E-state index contributed by atoms with van der Waals surface area (Å²) < 4.78 is 11.0. The molecule has 0 radical (unpaired) electrons. The highest BCUT2D eigenvalue weighted by atomic mass is 35.5. The van der Waals surface area contributed by atoms with E-state index in [1.54, 1.807) is 6.07 Å². The van der Waals surface area contributed by atoms with Gasteiger partial charge < -0.3 is 15.2 Å². The molecule has 1 aromatic rings. The van der Waals surface area contributed by atoms with Crippen LogP contribution < -0.4 is 10.5 Å². The van der Waals surface area contributed by atoms with Gasteiger partial charge in [0.2, 0.25) is 0 Å². The summed E-state index contributed by atoms with van der Waals surface area (Å²) in [5.41, 5.74) is 7.19. The van der Waals surface area contributed by atoms with Gasteiger partial charge in [-0.15, -0.1) is 0 Å². The van der Waals surface area contributed by atoms with E-state index in [2.05, 4.69) is 0 Å². The van der Waals surface area contributed by atoms with Crippen molar-refractivity contribution >= 4 is 23.2 Å². The van der Waals surface area contributed by atoms with E-state index in [0.29, 0.717) is 34.4 Å². The lowest BCUT2D eigenvalue weighted by atomic mass is 9.77. The van der Waals surface area contributed by atoms with Gasteiger partial charge in [0, 0.05) is 23.7 Å². The minimum Gasteiger partial charge on any atom is -0.492 e. The standard InChI is InChI=1S/C16H23Cl2NO2/c1-3-20-11-5-10(6-11)7-15(19)12-8-14(18)16(21-4-2)9-13(12)17/h8-11,15H,3-7,19H2,1-2H3. The van der Waals surface area contributed by atoms with Crippen molar-refractivity contribution in [2.75, 3.05) is 13.2 Å². The lowest BCUT2D eigenvalue weighted by Gasteiger charge is -2.36. The summed E-state index contributed by atoms with van der Waals surface area (Å²) in [7, 11) is 0. The van der Waals surface area contributed by atoms with Gasteiger partial charge >= 0.3 is 0 Å². The zero-order valence-corrected chi connectivity index (χ0v) is 14.1. The summed E-state index contributed by atoms with van der Waals surface area (Å²) in [4.78, 5) is 0. The molecule has 1 unspecified atom stereocenters. The third-order valence-corrected chi connectivity index (χ3v) is 4.56. The molecule has 1 fully saturated rings. The van der Waals surface area contributed by atoms with Gasteiger partial charge in [-0.2, -0.15) is 0 Å². The van der Waals surface area contributed by atoms with E-state index >= 15 is 0 Å². The number of nitrogens with two attached hydrogens (primary N) is 1. The summed E-state index contributed by atoms with van der Waals surface area (Å²) in [5, 5.41) is 1.18. The third-order valence-electron chi connectivity index (χ3n) is 3.93. The molecule has 1 aliphatic carbocycles. The molecule has 0 spiro atoms. The van der Waals surface area contributed by atoms with E-state index < -0.39 is 0 Å². The molecule has 1 aromatic carbocycles. The molecule has 2 N–H and O–H groups in total. The normalized spacial score (nSPS) is 22.7. The Morgan fingerprint density at radius 3 is 2.52 bits per heavy atom. The number of benzene rings is 1. The Morgan fingerprint density at radius 1 is 1.19 bits per heavy atom. The molecule has 1 aliphatic rings. The Labute approximate surface area is 136 Å². The molecule has 0 aliphatic heterocycles. The summed E-state index contributed by atoms with van der Waals surface area (Å²) in [6.45, 7) is 5.28. The fraction of sp³-hybridized carbons (Fsp3) is 0.625. The van der Waals surface area contributed by atoms with Gasteiger partial charge in [-0.25, -0.2) is 0 Å². The smallest absolute Gasteiger partial charge is 0.139 e. The lowest BCUT2D eigenvalue weighted by Crippen LogP contribution is -2.33. The highest BCUT2D eigenvalue weighted by Gasteiger charge is 2.31. The molecule has 0 bridgehead atoms. The first kappa shape index (κ1) is 16.9. The maximum atomic E-state index is 6.31. The average Bonchev–Trinajstić information content (AvgIpc) is 2.40. The van der Waals surface area contributed by atoms with Gasteiger partial charge in [0.15, 0.2) is 0 Å². The van der Waals surface area contributed by atoms with Crippen molar-refractivity contribution in [3.05, 3.63) is 27.7 Å². The molecule has 21 heavy (non-hydrogen) atoms. The molecular formula is C16H23Cl2NO2. The fourth-order valence-corrected chi connectivity index (χ4v) is 3.34. The zero-order valence-electron chi connectivity index (χ0n) is 12.6. The second kappa shape index (κ2) is 7.68. The van der Waals surface area contributed by atoms with Crippen molar-refractivity contribution < 1.29 is 9.47 Å². The number of ether oxygens (including phenoxy) is 2. The van der Waals surface area contributed by atoms with Crippen molar-refractivity contribution in [2.24, 2.45) is 11.7 Å². The topological polar surface area (TPSA) is 44.5 Å². The van der Waals surface area contributed by atoms with Crippen LogP contribution in [0.3, 0.4) is 0 Å². The molecular weight excluding hydrogens is 309 g/mol. The van der Waals surface area contributed by atoms with Gasteiger partial charge in [-0.05, 0) is 50.7 Å². The van der Waals surface area contributed by atoms with E-state index in [-0.39, 0.29) is 6.04 Å². The molecule has 118 valence electrons. The van der Waals surface area contributed by atoms with Crippen LogP contribution in [0.25, 0.3) is 0 Å².